The Bertz CT molecular complexity index is 3500. The molecular weight excluding hydrogens is 703 g/mol. The molecule has 0 aliphatic rings. The van der Waals surface area contributed by atoms with Crippen LogP contribution in [0, 0.1) is 0 Å². The van der Waals surface area contributed by atoms with Gasteiger partial charge < -0.3 is 13.7 Å². The number of furan rings is 2. The molecule has 0 amide bonds. The average Bonchev–Trinajstić information content (AvgIpc) is 3.96. The van der Waals surface area contributed by atoms with Crippen LogP contribution in [0.5, 0.6) is 0 Å². The minimum Gasteiger partial charge on any atom is -0.456 e. The Morgan fingerprint density at radius 1 is 0.375 bits per heavy atom. The smallest absolute Gasteiger partial charge is 0.143 e. The Hall–Kier alpha value is -7.14. The van der Waals surface area contributed by atoms with Crippen molar-refractivity contribution in [2.24, 2.45) is 0 Å². The summed E-state index contributed by atoms with van der Waals surface area (Å²) in [5.41, 5.74) is 11.3. The van der Waals surface area contributed by atoms with Crippen molar-refractivity contribution in [2.45, 2.75) is 0 Å². The van der Waals surface area contributed by atoms with Crippen molar-refractivity contribution in [1.82, 2.24) is 0 Å². The van der Waals surface area contributed by atoms with Gasteiger partial charge in [-0.1, -0.05) is 133 Å². The van der Waals surface area contributed by atoms with Crippen LogP contribution in [0.3, 0.4) is 0 Å². The summed E-state index contributed by atoms with van der Waals surface area (Å²) < 4.78 is 15.8. The summed E-state index contributed by atoms with van der Waals surface area (Å²) >= 11 is 1.86. The van der Waals surface area contributed by atoms with Gasteiger partial charge in [0, 0.05) is 69.6 Å². The van der Waals surface area contributed by atoms with Gasteiger partial charge in [0.05, 0.1) is 5.69 Å². The van der Waals surface area contributed by atoms with E-state index in [1.807, 2.05) is 23.5 Å². The molecule has 0 unspecified atom stereocenters. The summed E-state index contributed by atoms with van der Waals surface area (Å²) in [4.78, 5) is 2.37. The highest BCUT2D eigenvalue weighted by atomic mass is 32.1. The van der Waals surface area contributed by atoms with E-state index in [2.05, 4.69) is 181 Å². The first-order valence-corrected chi connectivity index (χ1v) is 19.7. The van der Waals surface area contributed by atoms with Crippen molar-refractivity contribution in [3.05, 3.63) is 188 Å². The lowest BCUT2D eigenvalue weighted by Gasteiger charge is -2.28. The lowest BCUT2D eigenvalue weighted by Crippen LogP contribution is -2.11. The van der Waals surface area contributed by atoms with Crippen molar-refractivity contribution in [2.75, 3.05) is 4.90 Å². The van der Waals surface area contributed by atoms with E-state index in [0.717, 1.165) is 77.5 Å². The van der Waals surface area contributed by atoms with Gasteiger partial charge in [-0.2, -0.15) is 0 Å². The predicted octanol–water partition coefficient (Wildman–Crippen LogP) is 15.8. The quantitative estimate of drug-likeness (QED) is 0.176. The van der Waals surface area contributed by atoms with Gasteiger partial charge in [-0.25, -0.2) is 0 Å². The molecule has 12 rings (SSSR count). The fourth-order valence-electron chi connectivity index (χ4n) is 8.68. The molecule has 262 valence electrons. The lowest BCUT2D eigenvalue weighted by molar-refractivity contribution is 0.669. The van der Waals surface area contributed by atoms with Crippen LogP contribution >= 0.6 is 11.3 Å². The van der Waals surface area contributed by atoms with Crippen LogP contribution in [-0.4, -0.2) is 0 Å². The highest BCUT2D eigenvalue weighted by Gasteiger charge is 2.22. The van der Waals surface area contributed by atoms with Gasteiger partial charge in [-0.3, -0.25) is 0 Å². The summed E-state index contributed by atoms with van der Waals surface area (Å²) in [6.45, 7) is 0. The second-order valence-corrected chi connectivity index (χ2v) is 15.5. The Kier molecular flexibility index (Phi) is 6.80. The van der Waals surface area contributed by atoms with Crippen molar-refractivity contribution in [1.29, 1.82) is 0 Å². The second-order valence-electron chi connectivity index (χ2n) is 14.4. The molecule has 0 saturated carbocycles. The summed E-state index contributed by atoms with van der Waals surface area (Å²) in [5, 5.41) is 9.31. The van der Waals surface area contributed by atoms with Gasteiger partial charge in [0.15, 0.2) is 0 Å². The van der Waals surface area contributed by atoms with Gasteiger partial charge >= 0.3 is 0 Å². The van der Waals surface area contributed by atoms with Gasteiger partial charge in [-0.05, 0) is 71.1 Å². The van der Waals surface area contributed by atoms with E-state index >= 15 is 0 Å². The summed E-state index contributed by atoms with van der Waals surface area (Å²) in [6, 6.07) is 67.2. The molecule has 9 aromatic carbocycles. The minimum atomic E-state index is 0.870. The van der Waals surface area contributed by atoms with E-state index in [-0.39, 0.29) is 0 Å². The van der Waals surface area contributed by atoms with Gasteiger partial charge in [0.25, 0.3) is 0 Å². The molecular formula is C52H31NO2S. The molecule has 4 heteroatoms. The molecule has 56 heavy (non-hydrogen) atoms. The zero-order valence-corrected chi connectivity index (χ0v) is 30.9. The number of nitrogens with zero attached hydrogens (tertiary/aromatic N) is 1. The maximum Gasteiger partial charge on any atom is 0.143 e. The monoisotopic (exact) mass is 733 g/mol. The summed E-state index contributed by atoms with van der Waals surface area (Å²) in [6.07, 6.45) is 0. The zero-order chi connectivity index (χ0) is 36.7. The first-order chi connectivity index (χ1) is 27.8. The van der Waals surface area contributed by atoms with E-state index in [4.69, 9.17) is 8.83 Å². The molecule has 3 aromatic heterocycles. The summed E-state index contributed by atoms with van der Waals surface area (Å²) in [7, 11) is 0. The molecule has 0 N–H and O–H groups in total. The number of hydrogen-bond donors (Lipinski definition) is 0. The third kappa shape index (κ3) is 4.70. The minimum absolute atomic E-state index is 0.870. The van der Waals surface area contributed by atoms with E-state index < -0.39 is 0 Å². The second kappa shape index (κ2) is 12.2. The molecule has 12 aromatic rings. The highest BCUT2D eigenvalue weighted by molar-refractivity contribution is 7.26. The molecule has 0 fully saturated rings. The number of fused-ring (bicyclic) bond motifs is 11. The molecule has 3 nitrogen and oxygen atoms in total. The standard InChI is InChI=1S/C52H31NO2S/c1-2-12-36-32(11-1)25-29-43-42-18-10-17-41(51(42)55-50(36)43)38-13-3-6-20-46(38)53(35-28-30-48-45(31-35)39-14-4-7-21-47(39)54-48)34-26-23-33(24-27-34)37-16-9-19-44-40-15-5-8-22-49(40)56-52(37)44/h1-31H. The molecule has 0 spiro atoms. The molecule has 0 aliphatic heterocycles. The number of anilines is 3. The average molecular weight is 734 g/mol. The van der Waals surface area contributed by atoms with Crippen LogP contribution in [0.2, 0.25) is 0 Å². The van der Waals surface area contributed by atoms with Crippen molar-refractivity contribution in [3.8, 4) is 22.3 Å². The lowest BCUT2D eigenvalue weighted by atomic mass is 9.98. The predicted molar refractivity (Wildman–Crippen MR) is 237 cm³/mol. The molecule has 3 heterocycles. The van der Waals surface area contributed by atoms with Gasteiger partial charge in [0.1, 0.15) is 22.3 Å². The Morgan fingerprint density at radius 2 is 1.04 bits per heavy atom. The zero-order valence-electron chi connectivity index (χ0n) is 30.1. The molecule has 0 aliphatic carbocycles. The van der Waals surface area contributed by atoms with Crippen LogP contribution in [0.4, 0.5) is 17.1 Å². The van der Waals surface area contributed by atoms with Crippen LogP contribution in [0.25, 0.3) is 97.1 Å². The van der Waals surface area contributed by atoms with Crippen molar-refractivity contribution in [3.63, 3.8) is 0 Å². The van der Waals surface area contributed by atoms with Crippen LogP contribution in [0.1, 0.15) is 0 Å². The van der Waals surface area contributed by atoms with E-state index in [0.29, 0.717) is 0 Å². The number of para-hydroxylation sites is 3. The number of hydrogen-bond acceptors (Lipinski definition) is 4. The number of thiophene rings is 1. The number of rotatable bonds is 5. The van der Waals surface area contributed by atoms with E-state index in [9.17, 15) is 0 Å². The van der Waals surface area contributed by atoms with Gasteiger partial charge in [-0.15, -0.1) is 11.3 Å². The third-order valence-corrected chi connectivity index (χ3v) is 12.5. The maximum absolute atomic E-state index is 6.88. The normalized spacial score (nSPS) is 11.9. The topological polar surface area (TPSA) is 29.5 Å². The van der Waals surface area contributed by atoms with Crippen LogP contribution in [-0.2, 0) is 0 Å². The Morgan fingerprint density at radius 3 is 1.95 bits per heavy atom. The fourth-order valence-corrected chi connectivity index (χ4v) is 9.92. The van der Waals surface area contributed by atoms with E-state index in [1.54, 1.807) is 0 Å². The highest BCUT2D eigenvalue weighted by Crippen LogP contribution is 2.47. The molecule has 0 bridgehead atoms. The summed E-state index contributed by atoms with van der Waals surface area (Å²) in [5.74, 6) is 0. The van der Waals surface area contributed by atoms with Crippen LogP contribution in [0.15, 0.2) is 197 Å². The van der Waals surface area contributed by atoms with Crippen molar-refractivity contribution < 1.29 is 8.83 Å². The maximum atomic E-state index is 6.88. The largest absolute Gasteiger partial charge is 0.456 e. The van der Waals surface area contributed by atoms with Crippen LogP contribution < -0.4 is 4.90 Å². The SMILES string of the molecule is c1ccc(N(c2ccc(-c3cccc4c3sc3ccccc34)cc2)c2ccc3oc4ccccc4c3c2)c(-c2cccc3c2oc2c4ccccc4ccc32)c1. The van der Waals surface area contributed by atoms with E-state index in [1.165, 1.54) is 36.7 Å². The number of benzene rings is 9. The van der Waals surface area contributed by atoms with Gasteiger partial charge in [0.2, 0.25) is 0 Å². The Balaban J connectivity index is 1.07. The molecule has 0 radical (unpaired) electrons. The first kappa shape index (κ1) is 31.2. The third-order valence-electron chi connectivity index (χ3n) is 11.3. The fraction of sp³-hybridized carbons (Fsp3) is 0. The van der Waals surface area contributed by atoms with Crippen molar-refractivity contribution >= 4 is 103 Å². The molecule has 0 saturated heterocycles. The Labute approximate surface area is 325 Å². The molecule has 0 atom stereocenters. The first-order valence-electron chi connectivity index (χ1n) is 18.9.